The summed E-state index contributed by atoms with van der Waals surface area (Å²) in [5.74, 6) is -0.125. The minimum Gasteiger partial charge on any atom is -0.512 e. The van der Waals surface area contributed by atoms with E-state index in [1.807, 2.05) is 0 Å². The van der Waals surface area contributed by atoms with E-state index in [2.05, 4.69) is 0 Å². The molecule has 0 atom stereocenters. The molecule has 5 heteroatoms. The standard InChI is InChI=1S/2C5H8O2.Ir/c2*1-4(6)3-5(2)7;/h2*3,6H,1-2H3;/b4-3+;4-3-;. The van der Waals surface area contributed by atoms with Crippen molar-refractivity contribution < 1.29 is 39.9 Å². The third-order valence-corrected chi connectivity index (χ3v) is 0.824. The molecule has 0 aliphatic heterocycles. The van der Waals surface area contributed by atoms with Crippen LogP contribution in [-0.4, -0.2) is 21.8 Å². The molecule has 15 heavy (non-hydrogen) atoms. The summed E-state index contributed by atoms with van der Waals surface area (Å²) in [5.41, 5.74) is 0. The number of hydrogen-bond acceptors (Lipinski definition) is 4. The van der Waals surface area contributed by atoms with Crippen LogP contribution in [-0.2, 0) is 29.7 Å². The van der Waals surface area contributed by atoms with E-state index in [9.17, 15) is 9.59 Å². The molecule has 0 aromatic rings. The molecule has 0 aromatic heterocycles. The molecule has 89 valence electrons. The molecule has 0 amide bonds. The minimum atomic E-state index is -0.125. The summed E-state index contributed by atoms with van der Waals surface area (Å²) < 4.78 is 0. The third-order valence-electron chi connectivity index (χ3n) is 0.824. The van der Waals surface area contributed by atoms with Gasteiger partial charge in [0.05, 0.1) is 11.5 Å². The van der Waals surface area contributed by atoms with Crippen molar-refractivity contribution in [1.82, 2.24) is 0 Å². The Bertz CT molecular complexity index is 231. The van der Waals surface area contributed by atoms with Gasteiger partial charge in [0, 0.05) is 32.3 Å². The Morgan fingerprint density at radius 2 is 1.00 bits per heavy atom. The fourth-order valence-electron chi connectivity index (χ4n) is 0.588. The number of carbonyl (C=O) groups excluding carboxylic acids is 2. The monoisotopic (exact) mass is 393 g/mol. The molecule has 0 rings (SSSR count). The molecule has 0 bridgehead atoms. The van der Waals surface area contributed by atoms with E-state index < -0.39 is 0 Å². The van der Waals surface area contributed by atoms with Gasteiger partial charge in [0.2, 0.25) is 0 Å². The van der Waals surface area contributed by atoms with Crippen LogP contribution in [0.1, 0.15) is 27.7 Å². The topological polar surface area (TPSA) is 74.6 Å². The van der Waals surface area contributed by atoms with E-state index in [0.29, 0.717) is 0 Å². The van der Waals surface area contributed by atoms with Gasteiger partial charge in [-0.15, -0.1) is 0 Å². The van der Waals surface area contributed by atoms with Gasteiger partial charge in [-0.3, -0.25) is 9.59 Å². The first-order valence-electron chi connectivity index (χ1n) is 4.01. The van der Waals surface area contributed by atoms with Gasteiger partial charge in [-0.2, -0.15) is 0 Å². The molecule has 0 spiro atoms. The molecule has 0 aromatic carbocycles. The summed E-state index contributed by atoms with van der Waals surface area (Å²) in [7, 11) is 0. The van der Waals surface area contributed by atoms with Crippen LogP contribution < -0.4 is 0 Å². The number of aliphatic hydroxyl groups is 2. The zero-order valence-electron chi connectivity index (χ0n) is 9.20. The fourth-order valence-corrected chi connectivity index (χ4v) is 0.588. The van der Waals surface area contributed by atoms with Crippen molar-refractivity contribution in [2.24, 2.45) is 0 Å². The quantitative estimate of drug-likeness (QED) is 0.557. The number of carbonyl (C=O) groups is 2. The zero-order chi connectivity index (χ0) is 11.7. The Kier molecular flexibility index (Phi) is 14.6. The van der Waals surface area contributed by atoms with Crippen molar-refractivity contribution in [2.45, 2.75) is 27.7 Å². The Labute approximate surface area is 103 Å². The maximum Gasteiger partial charge on any atom is 0.155 e. The predicted octanol–water partition coefficient (Wildman–Crippen LogP) is 2.07. The fraction of sp³-hybridized carbons (Fsp3) is 0.400. The van der Waals surface area contributed by atoms with Crippen molar-refractivity contribution in [3.05, 3.63) is 23.7 Å². The molecule has 0 aliphatic rings. The van der Waals surface area contributed by atoms with Crippen LogP contribution in [0.25, 0.3) is 0 Å². The average molecular weight is 392 g/mol. The molecule has 2 N–H and O–H groups in total. The number of hydrogen-bond donors (Lipinski definition) is 2. The molecule has 0 heterocycles. The molecule has 0 saturated carbocycles. The van der Waals surface area contributed by atoms with Gasteiger partial charge in [-0.05, 0) is 27.7 Å². The third kappa shape index (κ3) is 32.0. The summed E-state index contributed by atoms with van der Waals surface area (Å²) in [4.78, 5) is 20.0. The molecule has 0 saturated heterocycles. The molecule has 0 aliphatic carbocycles. The SMILES string of the molecule is CC(=O)/C=C(/C)O.CC(=O)/C=C(\C)O.[Ir]. The molecule has 4 nitrogen and oxygen atoms in total. The van der Waals surface area contributed by atoms with Crippen LogP contribution >= 0.6 is 0 Å². The van der Waals surface area contributed by atoms with E-state index in [-0.39, 0.29) is 43.2 Å². The van der Waals surface area contributed by atoms with Crippen molar-refractivity contribution in [1.29, 1.82) is 0 Å². The summed E-state index contributed by atoms with van der Waals surface area (Å²) in [6.07, 6.45) is 2.33. The van der Waals surface area contributed by atoms with Gasteiger partial charge in [0.25, 0.3) is 0 Å². The normalized spacial score (nSPS) is 10.7. The molecule has 1 radical (unpaired) electrons. The van der Waals surface area contributed by atoms with Gasteiger partial charge < -0.3 is 10.2 Å². The smallest absolute Gasteiger partial charge is 0.155 e. The van der Waals surface area contributed by atoms with E-state index in [1.165, 1.54) is 39.8 Å². The van der Waals surface area contributed by atoms with E-state index in [1.54, 1.807) is 0 Å². The van der Waals surface area contributed by atoms with Crippen molar-refractivity contribution in [2.75, 3.05) is 0 Å². The van der Waals surface area contributed by atoms with Crippen LogP contribution in [0.3, 0.4) is 0 Å². The van der Waals surface area contributed by atoms with Crippen molar-refractivity contribution in [3.8, 4) is 0 Å². The average Bonchev–Trinajstić information content (AvgIpc) is 1.79. The van der Waals surface area contributed by atoms with Gasteiger partial charge >= 0.3 is 0 Å². The van der Waals surface area contributed by atoms with Crippen molar-refractivity contribution >= 4 is 11.6 Å². The maximum atomic E-state index is 10.0. The second kappa shape index (κ2) is 11.1. The number of ketones is 2. The zero-order valence-corrected chi connectivity index (χ0v) is 11.6. The van der Waals surface area contributed by atoms with Crippen LogP contribution in [0, 0.1) is 0 Å². The number of allylic oxidation sites excluding steroid dienone is 4. The molecular weight excluding hydrogens is 376 g/mol. The van der Waals surface area contributed by atoms with Crippen LogP contribution in [0.15, 0.2) is 23.7 Å². The minimum absolute atomic E-state index is 0. The molecular formula is C10H16IrO4. The molecule has 0 unspecified atom stereocenters. The van der Waals surface area contributed by atoms with E-state index >= 15 is 0 Å². The van der Waals surface area contributed by atoms with Crippen LogP contribution in [0.4, 0.5) is 0 Å². The van der Waals surface area contributed by atoms with Gasteiger partial charge in [-0.25, -0.2) is 0 Å². The van der Waals surface area contributed by atoms with E-state index in [0.717, 1.165) is 0 Å². The summed E-state index contributed by atoms with van der Waals surface area (Å²) >= 11 is 0. The summed E-state index contributed by atoms with van der Waals surface area (Å²) in [6, 6.07) is 0. The Morgan fingerprint density at radius 3 is 1.00 bits per heavy atom. The number of aliphatic hydroxyl groups excluding tert-OH is 2. The van der Waals surface area contributed by atoms with Gasteiger partial charge in [0.15, 0.2) is 11.6 Å². The largest absolute Gasteiger partial charge is 0.512 e. The Morgan fingerprint density at radius 1 is 0.800 bits per heavy atom. The predicted molar refractivity (Wildman–Crippen MR) is 54.1 cm³/mol. The van der Waals surface area contributed by atoms with E-state index in [4.69, 9.17) is 10.2 Å². The maximum absolute atomic E-state index is 10.0. The first kappa shape index (κ1) is 19.6. The molecule has 0 fully saturated rings. The second-order valence-corrected chi connectivity index (χ2v) is 2.79. The Balaban J connectivity index is -0.000000180. The second-order valence-electron chi connectivity index (χ2n) is 2.79. The van der Waals surface area contributed by atoms with Gasteiger partial charge in [0.1, 0.15) is 0 Å². The first-order chi connectivity index (χ1) is 6.25. The Hall–Kier alpha value is -0.931. The number of rotatable bonds is 2. The van der Waals surface area contributed by atoms with Gasteiger partial charge in [-0.1, -0.05) is 0 Å². The van der Waals surface area contributed by atoms with Crippen LogP contribution in [0.2, 0.25) is 0 Å². The van der Waals surface area contributed by atoms with Crippen LogP contribution in [0.5, 0.6) is 0 Å². The summed E-state index contributed by atoms with van der Waals surface area (Å²) in [5, 5.41) is 16.7. The van der Waals surface area contributed by atoms with Crippen molar-refractivity contribution in [3.63, 3.8) is 0 Å². The first-order valence-corrected chi connectivity index (χ1v) is 4.01. The summed E-state index contributed by atoms with van der Waals surface area (Å²) in [6.45, 7) is 5.70.